The lowest BCUT2D eigenvalue weighted by molar-refractivity contribution is -0.119. The van der Waals surface area contributed by atoms with Crippen LogP contribution in [0.5, 0.6) is 5.75 Å². The number of carbonyl (C=O) groups is 1. The molecule has 0 bridgehead atoms. The number of hydrazone groups is 1. The van der Waals surface area contributed by atoms with Gasteiger partial charge in [-0.25, -0.2) is 13.8 Å². The van der Waals surface area contributed by atoms with E-state index >= 15 is 0 Å². The summed E-state index contributed by atoms with van der Waals surface area (Å²) < 4.78 is 35.8. The molecule has 208 valence electrons. The Morgan fingerprint density at radius 1 is 1.02 bits per heavy atom. The highest BCUT2D eigenvalue weighted by atomic mass is 35.5. The third-order valence-electron chi connectivity index (χ3n) is 6.34. The third-order valence-corrected chi connectivity index (χ3v) is 8.38. The first-order valence-corrected chi connectivity index (χ1v) is 14.5. The highest BCUT2D eigenvalue weighted by Gasteiger charge is 2.27. The average Bonchev–Trinajstić information content (AvgIpc) is 3.21. The average molecular weight is 579 g/mol. The summed E-state index contributed by atoms with van der Waals surface area (Å²) in [5.74, 6) is -0.0113. The van der Waals surface area contributed by atoms with Gasteiger partial charge >= 0.3 is 0 Å². The number of rotatable bonds is 10. The molecule has 0 saturated carbocycles. The lowest BCUT2D eigenvalue weighted by atomic mass is 10.2. The molecule has 0 unspecified atom stereocenters. The van der Waals surface area contributed by atoms with Gasteiger partial charge < -0.3 is 9.30 Å². The number of aromatic nitrogens is 1. The number of halogens is 1. The molecule has 1 N–H and O–H groups in total. The summed E-state index contributed by atoms with van der Waals surface area (Å²) in [6.45, 7) is 7.88. The summed E-state index contributed by atoms with van der Waals surface area (Å²) in [5, 5.41) is 4.53. The fourth-order valence-electron chi connectivity index (χ4n) is 4.37. The van der Waals surface area contributed by atoms with Gasteiger partial charge in [0.1, 0.15) is 12.3 Å². The van der Waals surface area contributed by atoms with Gasteiger partial charge in [0.25, 0.3) is 15.9 Å². The number of nitrogens with one attached hydrogen (secondary N) is 1. The van der Waals surface area contributed by atoms with E-state index < -0.39 is 22.5 Å². The summed E-state index contributed by atoms with van der Waals surface area (Å²) in [6, 6.07) is 22.3. The van der Waals surface area contributed by atoms with Crippen molar-refractivity contribution in [3.05, 3.63) is 106 Å². The van der Waals surface area contributed by atoms with Gasteiger partial charge in [-0.15, -0.1) is 0 Å². The molecule has 1 aromatic heterocycles. The van der Waals surface area contributed by atoms with E-state index in [0.29, 0.717) is 23.1 Å². The van der Waals surface area contributed by atoms with Crippen molar-refractivity contribution in [1.29, 1.82) is 0 Å². The first-order valence-electron chi connectivity index (χ1n) is 12.7. The molecule has 10 heteroatoms. The molecule has 8 nitrogen and oxygen atoms in total. The van der Waals surface area contributed by atoms with E-state index in [9.17, 15) is 13.2 Å². The summed E-state index contributed by atoms with van der Waals surface area (Å²) in [5.41, 5.74) is 7.80. The van der Waals surface area contributed by atoms with Crippen molar-refractivity contribution in [2.75, 3.05) is 17.5 Å². The minimum absolute atomic E-state index is 0.00531. The SMILES string of the molecule is CCOc1ccc(N(CC(=O)N/N=C\c2cc(C)n(-c3ccccc3C)c2C)S(=O)(=O)c2ccc(Cl)cc2)cc1. The van der Waals surface area contributed by atoms with Gasteiger partial charge in [0.15, 0.2) is 0 Å². The lowest BCUT2D eigenvalue weighted by Crippen LogP contribution is -2.39. The number of amides is 1. The maximum Gasteiger partial charge on any atom is 0.264 e. The van der Waals surface area contributed by atoms with E-state index in [4.69, 9.17) is 16.3 Å². The zero-order valence-corrected chi connectivity index (χ0v) is 24.3. The number of aryl methyl sites for hydroxylation is 2. The Kier molecular flexibility index (Phi) is 8.96. The molecule has 0 aliphatic heterocycles. The van der Waals surface area contributed by atoms with Gasteiger partial charge in [-0.1, -0.05) is 29.8 Å². The van der Waals surface area contributed by atoms with E-state index in [-0.39, 0.29) is 4.90 Å². The highest BCUT2D eigenvalue weighted by Crippen LogP contribution is 2.27. The second-order valence-corrected chi connectivity index (χ2v) is 11.4. The predicted molar refractivity (Wildman–Crippen MR) is 159 cm³/mol. The first-order chi connectivity index (χ1) is 19.1. The van der Waals surface area contributed by atoms with Crippen LogP contribution in [0.4, 0.5) is 5.69 Å². The van der Waals surface area contributed by atoms with Gasteiger partial charge in [-0.05, 0) is 93.9 Å². The molecule has 4 aromatic rings. The molecular formula is C30H31ClN4O4S. The van der Waals surface area contributed by atoms with Crippen LogP contribution < -0.4 is 14.5 Å². The maximum absolute atomic E-state index is 13.6. The van der Waals surface area contributed by atoms with Crippen LogP contribution in [0.2, 0.25) is 5.02 Å². The van der Waals surface area contributed by atoms with Crippen molar-refractivity contribution in [3.8, 4) is 11.4 Å². The molecule has 4 rings (SSSR count). The summed E-state index contributed by atoms with van der Waals surface area (Å²) >= 11 is 5.96. The van der Waals surface area contributed by atoms with E-state index in [1.165, 1.54) is 24.3 Å². The van der Waals surface area contributed by atoms with Crippen LogP contribution in [-0.2, 0) is 14.8 Å². The Morgan fingerprint density at radius 3 is 2.35 bits per heavy atom. The Morgan fingerprint density at radius 2 is 1.70 bits per heavy atom. The van der Waals surface area contributed by atoms with E-state index in [1.54, 1.807) is 30.5 Å². The van der Waals surface area contributed by atoms with Crippen LogP contribution in [-0.4, -0.2) is 38.3 Å². The maximum atomic E-state index is 13.6. The smallest absolute Gasteiger partial charge is 0.264 e. The summed E-state index contributed by atoms with van der Waals surface area (Å²) in [4.78, 5) is 13.0. The summed E-state index contributed by atoms with van der Waals surface area (Å²) in [7, 11) is -4.09. The van der Waals surface area contributed by atoms with Gasteiger partial charge in [0.2, 0.25) is 0 Å². The molecule has 1 heterocycles. The monoisotopic (exact) mass is 578 g/mol. The molecular weight excluding hydrogens is 548 g/mol. The molecule has 40 heavy (non-hydrogen) atoms. The third kappa shape index (κ3) is 6.38. The van der Waals surface area contributed by atoms with Crippen LogP contribution >= 0.6 is 11.6 Å². The number of benzene rings is 3. The number of hydrogen-bond donors (Lipinski definition) is 1. The number of ether oxygens (including phenoxy) is 1. The van der Waals surface area contributed by atoms with Crippen molar-refractivity contribution in [1.82, 2.24) is 9.99 Å². The topological polar surface area (TPSA) is 93.0 Å². The minimum atomic E-state index is -4.09. The number of anilines is 1. The Balaban J connectivity index is 1.56. The van der Waals surface area contributed by atoms with Gasteiger partial charge in [0, 0.05) is 27.7 Å². The molecule has 0 aliphatic carbocycles. The number of nitrogens with zero attached hydrogens (tertiary/aromatic N) is 3. The van der Waals surface area contributed by atoms with Crippen molar-refractivity contribution < 1.29 is 17.9 Å². The number of sulfonamides is 1. The lowest BCUT2D eigenvalue weighted by Gasteiger charge is -2.24. The summed E-state index contributed by atoms with van der Waals surface area (Å²) in [6.07, 6.45) is 1.56. The Hall–Kier alpha value is -4.08. The zero-order valence-electron chi connectivity index (χ0n) is 22.8. The van der Waals surface area contributed by atoms with Crippen LogP contribution in [0.3, 0.4) is 0 Å². The number of hydrogen-bond acceptors (Lipinski definition) is 5. The van der Waals surface area contributed by atoms with Crippen molar-refractivity contribution in [3.63, 3.8) is 0 Å². The van der Waals surface area contributed by atoms with Crippen molar-refractivity contribution in [2.24, 2.45) is 5.10 Å². The molecule has 0 aliphatic rings. The second-order valence-electron chi connectivity index (χ2n) is 9.13. The first kappa shape index (κ1) is 28.9. The number of carbonyl (C=O) groups excluding carboxylic acids is 1. The Labute approximate surface area is 239 Å². The molecule has 0 fully saturated rings. The fraction of sp³-hybridized carbons (Fsp3) is 0.200. The molecule has 0 atom stereocenters. The molecule has 3 aromatic carbocycles. The minimum Gasteiger partial charge on any atom is -0.494 e. The normalized spacial score (nSPS) is 11.5. The van der Waals surface area contributed by atoms with E-state index in [2.05, 4.69) is 34.2 Å². The highest BCUT2D eigenvalue weighted by molar-refractivity contribution is 7.92. The van der Waals surface area contributed by atoms with E-state index in [0.717, 1.165) is 32.5 Å². The van der Waals surface area contributed by atoms with Gasteiger partial charge in [-0.3, -0.25) is 9.10 Å². The van der Waals surface area contributed by atoms with Crippen LogP contribution in [0.25, 0.3) is 5.69 Å². The van der Waals surface area contributed by atoms with Gasteiger partial charge in [-0.2, -0.15) is 5.10 Å². The second kappa shape index (κ2) is 12.4. The largest absolute Gasteiger partial charge is 0.494 e. The van der Waals surface area contributed by atoms with Crippen molar-refractivity contribution in [2.45, 2.75) is 32.6 Å². The van der Waals surface area contributed by atoms with Gasteiger partial charge in [0.05, 0.1) is 23.4 Å². The predicted octanol–water partition coefficient (Wildman–Crippen LogP) is 5.80. The van der Waals surface area contributed by atoms with E-state index in [1.807, 2.05) is 39.0 Å². The standard InChI is InChI=1S/C30H31ClN4O4S/c1-5-39-27-14-12-26(13-15-27)34(40(37,38)28-16-10-25(31)11-17-28)20-30(36)33-32-19-24-18-22(3)35(23(24)4)29-9-7-6-8-21(29)2/h6-19H,5,20H2,1-4H3,(H,33,36)/b32-19-. The van der Waals surface area contributed by atoms with Crippen LogP contribution in [0.15, 0.2) is 88.9 Å². The zero-order chi connectivity index (χ0) is 28.9. The Bertz CT molecular complexity index is 1630. The van der Waals surface area contributed by atoms with Crippen LogP contribution in [0.1, 0.15) is 29.4 Å². The fourth-order valence-corrected chi connectivity index (χ4v) is 5.91. The molecule has 0 radical (unpaired) electrons. The van der Waals surface area contributed by atoms with Crippen LogP contribution in [0, 0.1) is 20.8 Å². The quantitative estimate of drug-likeness (QED) is 0.190. The molecule has 0 saturated heterocycles. The number of para-hydroxylation sites is 1. The molecule has 1 amide bonds. The molecule has 0 spiro atoms. The van der Waals surface area contributed by atoms with Crippen molar-refractivity contribution >= 4 is 39.4 Å².